The minimum Gasteiger partial charge on any atom is -0.328 e. The third kappa shape index (κ3) is 3.23. The van der Waals surface area contributed by atoms with E-state index in [1.807, 2.05) is 17.9 Å². The van der Waals surface area contributed by atoms with Crippen molar-refractivity contribution in [3.05, 3.63) is 41.7 Å². The van der Waals surface area contributed by atoms with Crippen LogP contribution in [-0.2, 0) is 13.6 Å². The molecule has 22 heavy (non-hydrogen) atoms. The van der Waals surface area contributed by atoms with Crippen LogP contribution in [0.3, 0.4) is 0 Å². The van der Waals surface area contributed by atoms with E-state index >= 15 is 0 Å². The van der Waals surface area contributed by atoms with Crippen molar-refractivity contribution in [1.82, 2.24) is 14.7 Å². The Morgan fingerprint density at radius 1 is 1.41 bits per heavy atom. The fourth-order valence-electron chi connectivity index (χ4n) is 3.33. The summed E-state index contributed by atoms with van der Waals surface area (Å²) in [5.74, 6) is 0.632. The first-order chi connectivity index (χ1) is 10.5. The van der Waals surface area contributed by atoms with Crippen molar-refractivity contribution in [2.75, 3.05) is 13.1 Å². The Labute approximate surface area is 132 Å². The normalized spacial score (nSPS) is 20.5. The minimum absolute atomic E-state index is 0.292. The average molecular weight is 298 g/mol. The second kappa shape index (κ2) is 6.23. The van der Waals surface area contributed by atoms with Gasteiger partial charge in [-0.05, 0) is 43.9 Å². The second-order valence-electron chi connectivity index (χ2n) is 6.71. The molecule has 2 heterocycles. The Balaban J connectivity index is 1.82. The summed E-state index contributed by atoms with van der Waals surface area (Å²) in [6, 6.07) is 7.03. The third-order valence-electron chi connectivity index (χ3n) is 4.73. The van der Waals surface area contributed by atoms with Gasteiger partial charge in [0, 0.05) is 37.9 Å². The minimum atomic E-state index is 0.292. The van der Waals surface area contributed by atoms with Crippen molar-refractivity contribution < 1.29 is 0 Å². The Kier molecular flexibility index (Phi) is 4.32. The Morgan fingerprint density at radius 2 is 2.23 bits per heavy atom. The molecule has 2 unspecified atom stereocenters. The number of aromatic nitrogens is 2. The van der Waals surface area contributed by atoms with E-state index in [-0.39, 0.29) is 0 Å². The van der Waals surface area contributed by atoms with Gasteiger partial charge >= 0.3 is 0 Å². The molecule has 4 nitrogen and oxygen atoms in total. The van der Waals surface area contributed by atoms with Crippen LogP contribution in [0.5, 0.6) is 0 Å². The lowest BCUT2D eigenvalue weighted by atomic mass is 9.99. The lowest BCUT2D eigenvalue weighted by molar-refractivity contribution is 0.309. The summed E-state index contributed by atoms with van der Waals surface area (Å²) in [6.45, 7) is 7.52. The Morgan fingerprint density at radius 3 is 2.86 bits per heavy atom. The summed E-state index contributed by atoms with van der Waals surface area (Å²) in [5, 5.41) is 4.32. The van der Waals surface area contributed by atoms with Crippen LogP contribution in [0, 0.1) is 12.8 Å². The largest absolute Gasteiger partial charge is 0.328 e. The molecule has 0 aliphatic carbocycles. The lowest BCUT2D eigenvalue weighted by Crippen LogP contribution is -2.29. The molecule has 2 atom stereocenters. The molecule has 3 rings (SSSR count). The molecule has 0 saturated carbocycles. The van der Waals surface area contributed by atoms with E-state index < -0.39 is 0 Å². The van der Waals surface area contributed by atoms with Gasteiger partial charge in [-0.2, -0.15) is 5.10 Å². The SMILES string of the molecule is Cc1ccc(CN2CCC(C(C)N)C2)c(-c2cnn(C)c2)c1. The van der Waals surface area contributed by atoms with E-state index in [1.54, 1.807) is 0 Å². The maximum absolute atomic E-state index is 6.06. The molecule has 1 fully saturated rings. The van der Waals surface area contributed by atoms with Crippen molar-refractivity contribution >= 4 is 0 Å². The molecule has 118 valence electrons. The highest BCUT2D eigenvalue weighted by Gasteiger charge is 2.25. The molecule has 1 aromatic carbocycles. The summed E-state index contributed by atoms with van der Waals surface area (Å²) >= 11 is 0. The van der Waals surface area contributed by atoms with Crippen molar-refractivity contribution in [2.24, 2.45) is 18.7 Å². The number of hydrogen-bond acceptors (Lipinski definition) is 3. The fraction of sp³-hybridized carbons (Fsp3) is 0.500. The highest BCUT2D eigenvalue weighted by Crippen LogP contribution is 2.28. The molecular formula is C18H26N4. The van der Waals surface area contributed by atoms with Crippen LogP contribution in [0.1, 0.15) is 24.5 Å². The second-order valence-corrected chi connectivity index (χ2v) is 6.71. The molecule has 1 saturated heterocycles. The van der Waals surface area contributed by atoms with E-state index in [4.69, 9.17) is 5.73 Å². The smallest absolute Gasteiger partial charge is 0.0568 e. The predicted octanol–water partition coefficient (Wildman–Crippen LogP) is 2.56. The van der Waals surface area contributed by atoms with Gasteiger partial charge in [0.15, 0.2) is 0 Å². The molecule has 0 amide bonds. The zero-order valence-electron chi connectivity index (χ0n) is 13.8. The Bertz CT molecular complexity index is 644. The quantitative estimate of drug-likeness (QED) is 0.943. The van der Waals surface area contributed by atoms with Crippen LogP contribution in [0.4, 0.5) is 0 Å². The van der Waals surface area contributed by atoms with Crippen LogP contribution < -0.4 is 5.73 Å². The van der Waals surface area contributed by atoms with Crippen molar-refractivity contribution in [2.45, 2.75) is 32.9 Å². The van der Waals surface area contributed by atoms with Gasteiger partial charge in [-0.3, -0.25) is 9.58 Å². The van der Waals surface area contributed by atoms with Gasteiger partial charge in [0.1, 0.15) is 0 Å². The highest BCUT2D eigenvalue weighted by atomic mass is 15.2. The highest BCUT2D eigenvalue weighted by molar-refractivity contribution is 5.66. The molecule has 1 aliphatic heterocycles. The van der Waals surface area contributed by atoms with E-state index in [0.717, 1.165) is 19.6 Å². The standard InChI is InChI=1S/C18H26N4/c1-13-4-5-16(12-22-7-6-15(11-22)14(2)19)18(8-13)17-9-20-21(3)10-17/h4-5,8-10,14-15H,6-7,11-12,19H2,1-3H3. The summed E-state index contributed by atoms with van der Waals surface area (Å²) in [7, 11) is 1.96. The van der Waals surface area contributed by atoms with Gasteiger partial charge in [0.05, 0.1) is 6.20 Å². The number of rotatable bonds is 4. The molecule has 2 aromatic rings. The molecule has 0 spiro atoms. The first-order valence-electron chi connectivity index (χ1n) is 8.09. The van der Waals surface area contributed by atoms with E-state index in [1.165, 1.54) is 28.7 Å². The van der Waals surface area contributed by atoms with Crippen LogP contribution in [0.2, 0.25) is 0 Å². The first kappa shape index (κ1) is 15.3. The van der Waals surface area contributed by atoms with Crippen LogP contribution >= 0.6 is 0 Å². The third-order valence-corrected chi connectivity index (χ3v) is 4.73. The number of benzene rings is 1. The van der Waals surface area contributed by atoms with Crippen LogP contribution in [-0.4, -0.2) is 33.8 Å². The fourth-order valence-corrected chi connectivity index (χ4v) is 3.33. The van der Waals surface area contributed by atoms with Crippen molar-refractivity contribution in [3.8, 4) is 11.1 Å². The number of hydrogen-bond donors (Lipinski definition) is 1. The summed E-state index contributed by atoms with van der Waals surface area (Å²) in [4.78, 5) is 2.53. The van der Waals surface area contributed by atoms with E-state index in [2.05, 4.69) is 48.2 Å². The van der Waals surface area contributed by atoms with Gasteiger partial charge in [-0.15, -0.1) is 0 Å². The zero-order chi connectivity index (χ0) is 15.7. The zero-order valence-corrected chi connectivity index (χ0v) is 13.8. The molecular weight excluding hydrogens is 272 g/mol. The predicted molar refractivity (Wildman–Crippen MR) is 90.4 cm³/mol. The molecule has 0 radical (unpaired) electrons. The van der Waals surface area contributed by atoms with Gasteiger partial charge in [-0.1, -0.05) is 23.8 Å². The van der Waals surface area contributed by atoms with Crippen molar-refractivity contribution in [3.63, 3.8) is 0 Å². The van der Waals surface area contributed by atoms with Crippen LogP contribution in [0.15, 0.2) is 30.6 Å². The maximum atomic E-state index is 6.06. The van der Waals surface area contributed by atoms with Crippen LogP contribution in [0.25, 0.3) is 11.1 Å². The first-order valence-corrected chi connectivity index (χ1v) is 8.09. The maximum Gasteiger partial charge on any atom is 0.0568 e. The van der Waals surface area contributed by atoms with Gasteiger partial charge in [0.2, 0.25) is 0 Å². The van der Waals surface area contributed by atoms with E-state index in [9.17, 15) is 0 Å². The molecule has 4 heteroatoms. The number of likely N-dealkylation sites (tertiary alicyclic amines) is 1. The van der Waals surface area contributed by atoms with E-state index in [0.29, 0.717) is 12.0 Å². The molecule has 2 N–H and O–H groups in total. The topological polar surface area (TPSA) is 47.1 Å². The summed E-state index contributed by atoms with van der Waals surface area (Å²) in [5.41, 5.74) is 11.2. The number of aryl methyl sites for hydroxylation is 2. The van der Waals surface area contributed by atoms with Gasteiger partial charge in [0.25, 0.3) is 0 Å². The Hall–Kier alpha value is -1.65. The van der Waals surface area contributed by atoms with Gasteiger partial charge in [-0.25, -0.2) is 0 Å². The summed E-state index contributed by atoms with van der Waals surface area (Å²) < 4.78 is 1.86. The molecule has 0 bridgehead atoms. The molecule has 1 aliphatic rings. The number of nitrogens with zero attached hydrogens (tertiary/aromatic N) is 3. The van der Waals surface area contributed by atoms with Crippen molar-refractivity contribution in [1.29, 1.82) is 0 Å². The average Bonchev–Trinajstić information content (AvgIpc) is 3.10. The summed E-state index contributed by atoms with van der Waals surface area (Å²) in [6.07, 6.45) is 5.26. The molecule has 1 aromatic heterocycles. The monoisotopic (exact) mass is 298 g/mol. The lowest BCUT2D eigenvalue weighted by Gasteiger charge is -2.19. The van der Waals surface area contributed by atoms with Gasteiger partial charge < -0.3 is 5.73 Å². The number of nitrogens with two attached hydrogens (primary N) is 1.